The van der Waals surface area contributed by atoms with E-state index in [1.807, 2.05) is 0 Å². The van der Waals surface area contributed by atoms with Crippen LogP contribution in [0.1, 0.15) is 0 Å². The first-order valence-corrected chi connectivity index (χ1v) is 6.08. The lowest BCUT2D eigenvalue weighted by molar-refractivity contribution is -0.384. The summed E-state index contributed by atoms with van der Waals surface area (Å²) in [5.41, 5.74) is -0.593. The zero-order valence-corrected chi connectivity index (χ0v) is 11.2. The summed E-state index contributed by atoms with van der Waals surface area (Å²) in [5.74, 6) is -0.0412. The van der Waals surface area contributed by atoms with Gasteiger partial charge < -0.3 is 9.84 Å². The van der Waals surface area contributed by atoms with Gasteiger partial charge in [-0.3, -0.25) is 19.9 Å². The average molecular weight is 317 g/mol. The molecule has 0 radical (unpaired) electrons. The van der Waals surface area contributed by atoms with Gasteiger partial charge in [-0.2, -0.15) is 5.10 Å². The number of nitrogens with one attached hydrogen (secondary N) is 1. The molecule has 0 spiro atoms. The number of fused-ring (bicyclic) bond motifs is 1. The standard InChI is InChI=1S/C12H7N5O6/c18-10-8-3-6(17(21)22)1-2-9(8)14-11(15-10)16-5-7(4-13-16)23-12(19)20/h1-5H,(H,19,20)(H,14,15,18). The molecule has 11 nitrogen and oxygen atoms in total. The van der Waals surface area contributed by atoms with E-state index in [1.165, 1.54) is 18.3 Å². The van der Waals surface area contributed by atoms with Crippen LogP contribution in [0.5, 0.6) is 5.75 Å². The Morgan fingerprint density at radius 2 is 2.22 bits per heavy atom. The van der Waals surface area contributed by atoms with Crippen LogP contribution in [0, 0.1) is 10.1 Å². The van der Waals surface area contributed by atoms with Crippen molar-refractivity contribution in [1.82, 2.24) is 19.7 Å². The minimum atomic E-state index is -1.50. The highest BCUT2D eigenvalue weighted by molar-refractivity contribution is 5.80. The quantitative estimate of drug-likeness (QED) is 0.413. The third kappa shape index (κ3) is 2.70. The Morgan fingerprint density at radius 1 is 1.43 bits per heavy atom. The van der Waals surface area contributed by atoms with Crippen molar-refractivity contribution in [2.45, 2.75) is 0 Å². The Kier molecular flexibility index (Phi) is 3.22. The van der Waals surface area contributed by atoms with Crippen molar-refractivity contribution >= 4 is 22.7 Å². The summed E-state index contributed by atoms with van der Waals surface area (Å²) in [7, 11) is 0. The molecule has 0 amide bonds. The van der Waals surface area contributed by atoms with Crippen molar-refractivity contribution < 1.29 is 19.6 Å². The summed E-state index contributed by atoms with van der Waals surface area (Å²) >= 11 is 0. The number of non-ortho nitro benzene ring substituents is 1. The first-order chi connectivity index (χ1) is 10.9. The van der Waals surface area contributed by atoms with Crippen LogP contribution in [0.3, 0.4) is 0 Å². The number of hydrogen-bond donors (Lipinski definition) is 2. The number of nitro groups is 1. The van der Waals surface area contributed by atoms with Crippen LogP contribution in [0.25, 0.3) is 16.9 Å². The second kappa shape index (κ2) is 5.22. The zero-order chi connectivity index (χ0) is 16.6. The highest BCUT2D eigenvalue weighted by Gasteiger charge is 2.12. The normalized spacial score (nSPS) is 10.6. The Labute approximate surface area is 125 Å². The van der Waals surface area contributed by atoms with E-state index in [0.717, 1.165) is 16.9 Å². The van der Waals surface area contributed by atoms with Gasteiger partial charge in [0.25, 0.3) is 11.2 Å². The number of carboxylic acid groups (broad SMARTS) is 1. The lowest BCUT2D eigenvalue weighted by Crippen LogP contribution is -2.14. The molecule has 2 N–H and O–H groups in total. The van der Waals surface area contributed by atoms with Gasteiger partial charge in [0, 0.05) is 12.1 Å². The molecule has 23 heavy (non-hydrogen) atoms. The second-order valence-corrected chi connectivity index (χ2v) is 4.34. The van der Waals surface area contributed by atoms with E-state index in [2.05, 4.69) is 19.8 Å². The fourth-order valence-electron chi connectivity index (χ4n) is 1.91. The molecular weight excluding hydrogens is 310 g/mol. The van der Waals surface area contributed by atoms with Gasteiger partial charge in [0.1, 0.15) is 0 Å². The third-order valence-corrected chi connectivity index (χ3v) is 2.87. The molecule has 3 rings (SSSR count). The van der Waals surface area contributed by atoms with E-state index in [9.17, 15) is 19.7 Å². The Bertz CT molecular complexity index is 991. The van der Waals surface area contributed by atoms with Gasteiger partial charge in [0.05, 0.1) is 28.2 Å². The van der Waals surface area contributed by atoms with Gasteiger partial charge >= 0.3 is 6.16 Å². The van der Waals surface area contributed by atoms with Gasteiger partial charge in [0.2, 0.25) is 5.95 Å². The van der Waals surface area contributed by atoms with Crippen LogP contribution in [0.4, 0.5) is 10.5 Å². The molecule has 0 atom stereocenters. The fourth-order valence-corrected chi connectivity index (χ4v) is 1.91. The number of rotatable bonds is 3. The van der Waals surface area contributed by atoms with Gasteiger partial charge in [-0.25, -0.2) is 14.5 Å². The molecule has 0 unspecified atom stereocenters. The molecule has 2 heterocycles. The number of ether oxygens (including phenoxy) is 1. The predicted octanol–water partition coefficient (Wildman–Crippen LogP) is 1.07. The molecular formula is C12H7N5O6. The van der Waals surface area contributed by atoms with E-state index in [-0.39, 0.29) is 28.3 Å². The summed E-state index contributed by atoms with van der Waals surface area (Å²) < 4.78 is 5.53. The van der Waals surface area contributed by atoms with Gasteiger partial charge in [0.15, 0.2) is 5.75 Å². The molecule has 1 aromatic carbocycles. The smallest absolute Gasteiger partial charge is 0.449 e. The lowest BCUT2D eigenvalue weighted by atomic mass is 10.2. The Hall–Kier alpha value is -3.76. The van der Waals surface area contributed by atoms with E-state index >= 15 is 0 Å². The topological polar surface area (TPSA) is 153 Å². The van der Waals surface area contributed by atoms with Crippen LogP contribution in [-0.4, -0.2) is 35.9 Å². The fraction of sp³-hybridized carbons (Fsp3) is 0. The second-order valence-electron chi connectivity index (χ2n) is 4.34. The van der Waals surface area contributed by atoms with Crippen molar-refractivity contribution in [3.63, 3.8) is 0 Å². The highest BCUT2D eigenvalue weighted by Crippen LogP contribution is 2.17. The summed E-state index contributed by atoms with van der Waals surface area (Å²) in [5, 5.41) is 23.1. The molecule has 0 saturated carbocycles. The van der Waals surface area contributed by atoms with Crippen molar-refractivity contribution in [1.29, 1.82) is 0 Å². The van der Waals surface area contributed by atoms with Crippen molar-refractivity contribution in [3.8, 4) is 11.7 Å². The zero-order valence-electron chi connectivity index (χ0n) is 11.2. The molecule has 2 aromatic heterocycles. The van der Waals surface area contributed by atoms with Crippen molar-refractivity contribution in [3.05, 3.63) is 51.1 Å². The van der Waals surface area contributed by atoms with E-state index in [1.54, 1.807) is 0 Å². The summed E-state index contributed by atoms with van der Waals surface area (Å²) in [6.07, 6.45) is 0.842. The van der Waals surface area contributed by atoms with E-state index in [0.29, 0.717) is 0 Å². The number of nitro benzene ring substituents is 1. The average Bonchev–Trinajstić information content (AvgIpc) is 2.94. The maximum atomic E-state index is 12.0. The molecule has 11 heteroatoms. The number of aromatic nitrogens is 4. The van der Waals surface area contributed by atoms with Crippen LogP contribution in [0.2, 0.25) is 0 Å². The molecule has 0 fully saturated rings. The minimum absolute atomic E-state index is 0.0107. The monoisotopic (exact) mass is 317 g/mol. The third-order valence-electron chi connectivity index (χ3n) is 2.87. The lowest BCUT2D eigenvalue weighted by Gasteiger charge is -2.02. The van der Waals surface area contributed by atoms with E-state index < -0.39 is 16.6 Å². The first-order valence-electron chi connectivity index (χ1n) is 6.08. The number of benzene rings is 1. The first kappa shape index (κ1) is 14.2. The molecule has 0 aliphatic heterocycles. The number of hydrogen-bond acceptors (Lipinski definition) is 7. The number of aromatic amines is 1. The predicted molar refractivity (Wildman–Crippen MR) is 74.8 cm³/mol. The maximum Gasteiger partial charge on any atom is 0.511 e. The molecule has 0 aliphatic carbocycles. The summed E-state index contributed by atoms with van der Waals surface area (Å²) in [6.45, 7) is 0. The molecule has 0 bridgehead atoms. The van der Waals surface area contributed by atoms with Crippen LogP contribution < -0.4 is 10.3 Å². The maximum absolute atomic E-state index is 12.0. The molecule has 3 aromatic rings. The van der Waals surface area contributed by atoms with E-state index in [4.69, 9.17) is 5.11 Å². The molecule has 0 aliphatic rings. The Balaban J connectivity index is 2.07. The van der Waals surface area contributed by atoms with Crippen LogP contribution in [0.15, 0.2) is 35.4 Å². The van der Waals surface area contributed by atoms with Crippen LogP contribution in [-0.2, 0) is 0 Å². The summed E-state index contributed by atoms with van der Waals surface area (Å²) in [6, 6.07) is 3.68. The SMILES string of the molecule is O=C(O)Oc1cnn(-c2nc3ccc([N+](=O)[O-])cc3c(=O)[nH]2)c1. The van der Waals surface area contributed by atoms with Crippen LogP contribution >= 0.6 is 0 Å². The molecule has 0 saturated heterocycles. The van der Waals surface area contributed by atoms with Crippen molar-refractivity contribution in [2.24, 2.45) is 0 Å². The van der Waals surface area contributed by atoms with Gasteiger partial charge in [-0.1, -0.05) is 0 Å². The number of H-pyrrole nitrogens is 1. The minimum Gasteiger partial charge on any atom is -0.449 e. The Morgan fingerprint density at radius 3 is 2.91 bits per heavy atom. The number of nitrogens with zero attached hydrogens (tertiary/aromatic N) is 4. The van der Waals surface area contributed by atoms with Crippen molar-refractivity contribution in [2.75, 3.05) is 0 Å². The van der Waals surface area contributed by atoms with Gasteiger partial charge in [-0.15, -0.1) is 0 Å². The highest BCUT2D eigenvalue weighted by atomic mass is 16.7. The van der Waals surface area contributed by atoms with Gasteiger partial charge in [-0.05, 0) is 6.07 Å². The number of carbonyl (C=O) groups is 1. The molecule has 116 valence electrons. The summed E-state index contributed by atoms with van der Waals surface area (Å²) in [4.78, 5) is 39.1. The largest absolute Gasteiger partial charge is 0.511 e.